The van der Waals surface area contributed by atoms with E-state index in [4.69, 9.17) is 5.26 Å². The number of benzene rings is 1. The number of rotatable bonds is 2. The highest BCUT2D eigenvalue weighted by molar-refractivity contribution is 5.94. The average Bonchev–Trinajstić information content (AvgIpc) is 2.06. The molecule has 0 atom stereocenters. The van der Waals surface area contributed by atoms with Crippen molar-refractivity contribution in [1.29, 1.82) is 5.26 Å². The van der Waals surface area contributed by atoms with Gasteiger partial charge in [-0.15, -0.1) is 5.26 Å². The topological polar surface area (TPSA) is 50.1 Å². The predicted molar refractivity (Wildman–Crippen MR) is 42.7 cm³/mol. The summed E-state index contributed by atoms with van der Waals surface area (Å²) in [7, 11) is 0. The van der Waals surface area contributed by atoms with E-state index in [1.807, 2.05) is 0 Å². The van der Waals surface area contributed by atoms with Crippen molar-refractivity contribution in [3.63, 3.8) is 0 Å². The van der Waals surface area contributed by atoms with Crippen LogP contribution in [0.5, 0.6) is 5.75 Å². The van der Waals surface area contributed by atoms with Crippen LogP contribution in [0.2, 0.25) is 0 Å². The zero-order chi connectivity index (χ0) is 8.97. The van der Waals surface area contributed by atoms with Crippen molar-refractivity contribution in [3.05, 3.63) is 29.8 Å². The molecule has 0 aliphatic carbocycles. The first kappa shape index (κ1) is 8.28. The molecule has 1 aromatic carbocycles. The van der Waals surface area contributed by atoms with E-state index < -0.39 is 0 Å². The third kappa shape index (κ3) is 1.83. The highest BCUT2D eigenvalue weighted by Gasteiger charge is 1.98. The van der Waals surface area contributed by atoms with E-state index in [0.29, 0.717) is 11.3 Å². The number of ketones is 1. The fourth-order valence-electron chi connectivity index (χ4n) is 0.810. The summed E-state index contributed by atoms with van der Waals surface area (Å²) < 4.78 is 4.53. The Balaban J connectivity index is 2.87. The molecule has 1 rings (SSSR count). The first-order chi connectivity index (χ1) is 5.74. The Bertz CT molecular complexity index is 321. The van der Waals surface area contributed by atoms with Gasteiger partial charge in [0.05, 0.1) is 0 Å². The fraction of sp³-hybridized carbons (Fsp3) is 0.111. The molecule has 0 spiro atoms. The summed E-state index contributed by atoms with van der Waals surface area (Å²) in [4.78, 5) is 10.8. The quantitative estimate of drug-likeness (QED) is 0.490. The Kier molecular flexibility index (Phi) is 2.44. The summed E-state index contributed by atoms with van der Waals surface area (Å²) >= 11 is 0. The Labute approximate surface area is 70.2 Å². The molecule has 1 aromatic rings. The maximum Gasteiger partial charge on any atom is 0.292 e. The predicted octanol–water partition coefficient (Wildman–Crippen LogP) is 1.75. The summed E-state index contributed by atoms with van der Waals surface area (Å²) in [5.41, 5.74) is 0.611. The van der Waals surface area contributed by atoms with Crippen molar-refractivity contribution < 1.29 is 9.53 Å². The number of carbonyl (C=O) groups is 1. The van der Waals surface area contributed by atoms with Crippen molar-refractivity contribution in [2.45, 2.75) is 6.92 Å². The molecule has 0 fully saturated rings. The molecule has 0 radical (unpaired) electrons. The summed E-state index contributed by atoms with van der Waals surface area (Å²) in [6.45, 7) is 1.49. The van der Waals surface area contributed by atoms with Gasteiger partial charge in [0.25, 0.3) is 6.26 Å². The lowest BCUT2D eigenvalue weighted by Crippen LogP contribution is -1.91. The van der Waals surface area contributed by atoms with Crippen LogP contribution in [0.1, 0.15) is 17.3 Å². The second-order valence-corrected chi connectivity index (χ2v) is 2.27. The third-order valence-electron chi connectivity index (χ3n) is 1.42. The van der Waals surface area contributed by atoms with E-state index in [1.54, 1.807) is 30.5 Å². The Morgan fingerprint density at radius 2 is 2.00 bits per heavy atom. The molecule has 0 aliphatic rings. The van der Waals surface area contributed by atoms with Gasteiger partial charge in [-0.2, -0.15) is 0 Å². The molecule has 0 bridgehead atoms. The molecular formula is C9H7NO2. The number of nitrogens with zero attached hydrogens (tertiary/aromatic N) is 1. The van der Waals surface area contributed by atoms with Gasteiger partial charge < -0.3 is 4.74 Å². The Morgan fingerprint density at radius 3 is 2.42 bits per heavy atom. The summed E-state index contributed by atoms with van der Waals surface area (Å²) in [6.07, 6.45) is 1.55. The van der Waals surface area contributed by atoms with Crippen molar-refractivity contribution in [1.82, 2.24) is 0 Å². The number of hydrogen-bond acceptors (Lipinski definition) is 3. The standard InChI is InChI=1S/C9H7NO2/c1-7(11)8-2-4-9(5-3-8)12-6-10/h2-5H,1H3. The molecule has 0 aliphatic heterocycles. The highest BCUT2D eigenvalue weighted by atomic mass is 16.5. The molecule has 3 heteroatoms. The lowest BCUT2D eigenvalue weighted by molar-refractivity contribution is 0.101. The summed E-state index contributed by atoms with van der Waals surface area (Å²) in [5, 5.41) is 8.16. The zero-order valence-electron chi connectivity index (χ0n) is 6.57. The second kappa shape index (κ2) is 3.54. The second-order valence-electron chi connectivity index (χ2n) is 2.27. The molecule has 0 N–H and O–H groups in total. The lowest BCUT2D eigenvalue weighted by Gasteiger charge is -1.96. The molecule has 12 heavy (non-hydrogen) atoms. The fourth-order valence-corrected chi connectivity index (χ4v) is 0.810. The molecule has 60 valence electrons. The van der Waals surface area contributed by atoms with Crippen LogP contribution in [0.3, 0.4) is 0 Å². The third-order valence-corrected chi connectivity index (χ3v) is 1.42. The number of nitriles is 1. The molecule has 0 amide bonds. The van der Waals surface area contributed by atoms with Gasteiger partial charge in [-0.25, -0.2) is 0 Å². The summed E-state index contributed by atoms with van der Waals surface area (Å²) in [5.74, 6) is 0.445. The van der Waals surface area contributed by atoms with Gasteiger partial charge in [0.1, 0.15) is 5.75 Å². The molecular weight excluding hydrogens is 154 g/mol. The van der Waals surface area contributed by atoms with Crippen LogP contribution < -0.4 is 4.74 Å². The molecule has 3 nitrogen and oxygen atoms in total. The van der Waals surface area contributed by atoms with E-state index >= 15 is 0 Å². The Hall–Kier alpha value is -1.82. The van der Waals surface area contributed by atoms with Crippen LogP contribution >= 0.6 is 0 Å². The SMILES string of the molecule is CC(=O)c1ccc(OC#N)cc1. The van der Waals surface area contributed by atoms with Gasteiger partial charge in [0, 0.05) is 5.56 Å². The van der Waals surface area contributed by atoms with Crippen molar-refractivity contribution in [3.8, 4) is 12.0 Å². The van der Waals surface area contributed by atoms with Crippen molar-refractivity contribution in [2.75, 3.05) is 0 Å². The highest BCUT2D eigenvalue weighted by Crippen LogP contribution is 2.11. The molecule has 0 unspecified atom stereocenters. The number of hydrogen-bond donors (Lipinski definition) is 0. The molecule has 0 saturated heterocycles. The number of carbonyl (C=O) groups excluding carboxylic acids is 1. The van der Waals surface area contributed by atoms with Gasteiger partial charge in [-0.05, 0) is 31.2 Å². The van der Waals surface area contributed by atoms with Crippen molar-refractivity contribution >= 4 is 5.78 Å². The van der Waals surface area contributed by atoms with E-state index in [0.717, 1.165) is 0 Å². The van der Waals surface area contributed by atoms with Gasteiger partial charge >= 0.3 is 0 Å². The number of Topliss-reactive ketones (excluding diaryl/α,β-unsaturated/α-hetero) is 1. The van der Waals surface area contributed by atoms with Gasteiger partial charge in [0.15, 0.2) is 5.78 Å². The van der Waals surface area contributed by atoms with Crippen LogP contribution in [0, 0.1) is 11.5 Å². The number of ether oxygens (including phenoxy) is 1. The smallest absolute Gasteiger partial charge is 0.292 e. The van der Waals surface area contributed by atoms with E-state index in [-0.39, 0.29) is 5.78 Å². The maximum absolute atomic E-state index is 10.8. The maximum atomic E-state index is 10.8. The average molecular weight is 161 g/mol. The van der Waals surface area contributed by atoms with Crippen LogP contribution in [0.25, 0.3) is 0 Å². The normalized spacial score (nSPS) is 8.67. The van der Waals surface area contributed by atoms with Crippen LogP contribution in [0.4, 0.5) is 0 Å². The van der Waals surface area contributed by atoms with Gasteiger partial charge in [-0.3, -0.25) is 4.79 Å². The van der Waals surface area contributed by atoms with E-state index in [2.05, 4.69) is 4.74 Å². The molecule has 0 heterocycles. The van der Waals surface area contributed by atoms with Gasteiger partial charge in [-0.1, -0.05) is 0 Å². The summed E-state index contributed by atoms with van der Waals surface area (Å²) in [6, 6.07) is 6.41. The van der Waals surface area contributed by atoms with E-state index in [1.165, 1.54) is 6.92 Å². The minimum atomic E-state index is -0.00138. The van der Waals surface area contributed by atoms with Crippen LogP contribution in [-0.4, -0.2) is 5.78 Å². The van der Waals surface area contributed by atoms with Crippen LogP contribution in [-0.2, 0) is 0 Å². The lowest BCUT2D eigenvalue weighted by atomic mass is 10.1. The first-order valence-corrected chi connectivity index (χ1v) is 3.41. The molecule has 0 saturated carbocycles. The largest absolute Gasteiger partial charge is 0.388 e. The zero-order valence-corrected chi connectivity index (χ0v) is 6.57. The monoisotopic (exact) mass is 161 g/mol. The van der Waals surface area contributed by atoms with Gasteiger partial charge in [0.2, 0.25) is 0 Å². The molecule has 0 aromatic heterocycles. The minimum absolute atomic E-state index is 0.00138. The first-order valence-electron chi connectivity index (χ1n) is 3.41. The minimum Gasteiger partial charge on any atom is -0.388 e. The Morgan fingerprint density at radius 1 is 1.42 bits per heavy atom. The van der Waals surface area contributed by atoms with E-state index in [9.17, 15) is 4.79 Å². The van der Waals surface area contributed by atoms with Crippen molar-refractivity contribution in [2.24, 2.45) is 0 Å². The van der Waals surface area contributed by atoms with Crippen LogP contribution in [0.15, 0.2) is 24.3 Å².